The second-order valence-corrected chi connectivity index (χ2v) is 15.6. The Hall–Kier alpha value is -7.94. The smallest absolute Gasteiger partial charge is 0.0540 e. The third-order valence-corrected chi connectivity index (χ3v) is 11.7. The Morgan fingerprint density at radius 1 is 0.274 bits per heavy atom. The van der Waals surface area contributed by atoms with Crippen LogP contribution in [0.25, 0.3) is 50.1 Å². The van der Waals surface area contributed by atoms with Crippen molar-refractivity contribution in [2.24, 2.45) is 0 Å². The van der Waals surface area contributed by atoms with Crippen molar-refractivity contribution < 1.29 is 0 Å². The van der Waals surface area contributed by atoms with Crippen molar-refractivity contribution in [1.82, 2.24) is 0 Å². The minimum absolute atomic E-state index is 1.09. The van der Waals surface area contributed by atoms with Crippen LogP contribution in [0, 0.1) is 0 Å². The van der Waals surface area contributed by atoms with Crippen LogP contribution < -0.4 is 9.80 Å². The first kappa shape index (κ1) is 38.3. The number of para-hydroxylation sites is 4. The van der Waals surface area contributed by atoms with E-state index in [9.17, 15) is 0 Å². The lowest BCUT2D eigenvalue weighted by Crippen LogP contribution is -2.11. The van der Waals surface area contributed by atoms with Crippen LogP contribution in [0.5, 0.6) is 0 Å². The highest BCUT2D eigenvalue weighted by atomic mass is 15.1. The van der Waals surface area contributed by atoms with Gasteiger partial charge in [-0.05, 0) is 124 Å². The minimum Gasteiger partial charge on any atom is -0.310 e. The highest BCUT2D eigenvalue weighted by Gasteiger charge is 2.20. The first-order chi connectivity index (χ1) is 30.8. The highest BCUT2D eigenvalue weighted by molar-refractivity contribution is 5.92. The monoisotopic (exact) mass is 794 g/mol. The summed E-state index contributed by atoms with van der Waals surface area (Å²) in [5, 5.41) is 0. The number of hydrogen-bond donors (Lipinski definition) is 0. The van der Waals surface area contributed by atoms with Crippen molar-refractivity contribution in [1.29, 1.82) is 0 Å². The molecule has 2 heteroatoms. The van der Waals surface area contributed by atoms with Crippen LogP contribution in [0.15, 0.2) is 255 Å². The van der Waals surface area contributed by atoms with Gasteiger partial charge in [-0.2, -0.15) is 0 Å². The molecule has 0 heterocycles. The number of benzene rings is 9. The van der Waals surface area contributed by atoms with Gasteiger partial charge in [0.2, 0.25) is 0 Å². The Morgan fingerprint density at radius 3 is 1.27 bits per heavy atom. The Bertz CT molecular complexity index is 2980. The second-order valence-electron chi connectivity index (χ2n) is 15.6. The van der Waals surface area contributed by atoms with Crippen LogP contribution in [0.1, 0.15) is 18.4 Å². The number of allylic oxidation sites excluding steroid dienone is 4. The van der Waals surface area contributed by atoms with Gasteiger partial charge < -0.3 is 9.80 Å². The Morgan fingerprint density at radius 2 is 0.694 bits per heavy atom. The summed E-state index contributed by atoms with van der Waals surface area (Å²) in [6, 6.07) is 85.2. The molecule has 0 saturated carbocycles. The summed E-state index contributed by atoms with van der Waals surface area (Å²) < 4.78 is 0. The van der Waals surface area contributed by atoms with E-state index in [0.29, 0.717) is 0 Å². The molecule has 0 unspecified atom stereocenters. The summed E-state index contributed by atoms with van der Waals surface area (Å²) in [5.74, 6) is 0. The Kier molecular flexibility index (Phi) is 10.9. The largest absolute Gasteiger partial charge is 0.310 e. The molecule has 1 aliphatic rings. The van der Waals surface area contributed by atoms with E-state index in [4.69, 9.17) is 0 Å². The maximum Gasteiger partial charge on any atom is 0.0540 e. The van der Waals surface area contributed by atoms with Crippen molar-refractivity contribution in [2.75, 3.05) is 9.80 Å². The second kappa shape index (κ2) is 17.7. The Balaban J connectivity index is 1.01. The molecule has 0 radical (unpaired) electrons. The molecule has 62 heavy (non-hydrogen) atoms. The number of nitrogens with zero attached hydrogens (tertiary/aromatic N) is 2. The fraction of sp³-hybridized carbons (Fsp3) is 0.0333. The van der Waals surface area contributed by atoms with Gasteiger partial charge in [0.15, 0.2) is 0 Å². The van der Waals surface area contributed by atoms with Crippen molar-refractivity contribution >= 4 is 39.7 Å². The van der Waals surface area contributed by atoms with Gasteiger partial charge in [0, 0.05) is 33.9 Å². The summed E-state index contributed by atoms with van der Waals surface area (Å²) >= 11 is 0. The predicted octanol–water partition coefficient (Wildman–Crippen LogP) is 17.0. The first-order valence-electron chi connectivity index (χ1n) is 21.5. The van der Waals surface area contributed by atoms with E-state index in [-0.39, 0.29) is 0 Å². The Labute approximate surface area is 365 Å². The van der Waals surface area contributed by atoms with Crippen molar-refractivity contribution in [3.8, 4) is 44.5 Å². The van der Waals surface area contributed by atoms with Gasteiger partial charge in [0.1, 0.15) is 0 Å². The van der Waals surface area contributed by atoms with Gasteiger partial charge in [-0.1, -0.05) is 188 Å². The van der Waals surface area contributed by atoms with Crippen molar-refractivity contribution in [3.63, 3.8) is 0 Å². The number of anilines is 6. The molecular weight excluding hydrogens is 749 g/mol. The zero-order chi connectivity index (χ0) is 41.5. The first-order valence-corrected chi connectivity index (χ1v) is 21.5. The van der Waals surface area contributed by atoms with Gasteiger partial charge in [-0.3, -0.25) is 0 Å². The summed E-state index contributed by atoms with van der Waals surface area (Å²) in [5.41, 5.74) is 18.6. The van der Waals surface area contributed by atoms with E-state index in [1.165, 1.54) is 33.4 Å². The molecule has 0 atom stereocenters. The predicted molar refractivity (Wildman–Crippen MR) is 264 cm³/mol. The van der Waals surface area contributed by atoms with Crippen molar-refractivity contribution in [3.05, 3.63) is 260 Å². The summed E-state index contributed by atoms with van der Waals surface area (Å²) in [7, 11) is 0. The van der Waals surface area contributed by atoms with Crippen LogP contribution >= 0.6 is 0 Å². The average Bonchev–Trinajstić information content (AvgIpc) is 3.36. The van der Waals surface area contributed by atoms with E-state index in [2.05, 4.69) is 265 Å². The average molecular weight is 795 g/mol. The third kappa shape index (κ3) is 8.02. The van der Waals surface area contributed by atoms with Gasteiger partial charge in [-0.15, -0.1) is 0 Å². The molecule has 0 spiro atoms. The molecule has 0 bridgehead atoms. The lowest BCUT2D eigenvalue weighted by atomic mass is 9.95. The molecule has 0 fully saturated rings. The van der Waals surface area contributed by atoms with E-state index in [0.717, 1.165) is 69.2 Å². The molecule has 2 nitrogen and oxygen atoms in total. The molecular formula is C60H46N2. The maximum absolute atomic E-state index is 2.39. The highest BCUT2D eigenvalue weighted by Crippen LogP contribution is 2.44. The lowest BCUT2D eigenvalue weighted by Gasteiger charge is -2.29. The fourth-order valence-electron chi connectivity index (χ4n) is 8.63. The van der Waals surface area contributed by atoms with Crippen LogP contribution in [-0.4, -0.2) is 0 Å². The topological polar surface area (TPSA) is 6.48 Å². The SMILES string of the molecule is C1=CC(c2cccc(-c3cccc(N(c4ccccc4)c4ccccc4-c4ccc(-c5ccccc5N(c5ccccc5)c5ccc(-c6ccccc6)cc5)cc4)c3)c2)=CCC1. The molecule has 0 saturated heterocycles. The van der Waals surface area contributed by atoms with E-state index in [1.54, 1.807) is 0 Å². The van der Waals surface area contributed by atoms with E-state index >= 15 is 0 Å². The molecule has 9 aromatic carbocycles. The summed E-state index contributed by atoms with van der Waals surface area (Å²) in [6.45, 7) is 0. The fourth-order valence-corrected chi connectivity index (χ4v) is 8.63. The minimum atomic E-state index is 1.09. The molecule has 0 aliphatic heterocycles. The van der Waals surface area contributed by atoms with Crippen LogP contribution in [0.3, 0.4) is 0 Å². The van der Waals surface area contributed by atoms with Gasteiger partial charge in [0.25, 0.3) is 0 Å². The molecule has 1 aliphatic carbocycles. The normalized spacial score (nSPS) is 12.1. The quantitative estimate of drug-likeness (QED) is 0.129. The van der Waals surface area contributed by atoms with Crippen LogP contribution in [0.4, 0.5) is 34.1 Å². The molecule has 9 aromatic rings. The molecule has 10 rings (SSSR count). The zero-order valence-corrected chi connectivity index (χ0v) is 34.6. The van der Waals surface area contributed by atoms with Crippen LogP contribution in [0.2, 0.25) is 0 Å². The summed E-state index contributed by atoms with van der Waals surface area (Å²) in [4.78, 5) is 4.75. The molecule has 0 amide bonds. The lowest BCUT2D eigenvalue weighted by molar-refractivity contribution is 1.04. The van der Waals surface area contributed by atoms with Gasteiger partial charge in [-0.25, -0.2) is 0 Å². The van der Waals surface area contributed by atoms with Gasteiger partial charge >= 0.3 is 0 Å². The molecule has 0 N–H and O–H groups in total. The van der Waals surface area contributed by atoms with Crippen molar-refractivity contribution in [2.45, 2.75) is 12.8 Å². The van der Waals surface area contributed by atoms with Crippen LogP contribution in [-0.2, 0) is 0 Å². The summed E-state index contributed by atoms with van der Waals surface area (Å²) in [6.07, 6.45) is 9.07. The number of rotatable bonds is 11. The number of hydrogen-bond acceptors (Lipinski definition) is 2. The zero-order valence-electron chi connectivity index (χ0n) is 34.6. The maximum atomic E-state index is 2.39. The molecule has 296 valence electrons. The standard InChI is InChI=1S/C60H46N2/c1-5-19-45(20-6-1)47-39-41-55(42-40-47)61(53-26-9-3-10-27-53)59-33-15-13-31-57(59)48-35-37-49(38-36-48)58-32-14-16-34-60(58)62(54-28-11-4-12-29-54)56-30-18-25-52(44-56)51-24-17-23-50(43-51)46-21-7-2-8-22-46/h1,3-7,9-44H,2,8H2. The molecule has 0 aromatic heterocycles. The van der Waals surface area contributed by atoms with E-state index < -0.39 is 0 Å². The van der Waals surface area contributed by atoms with Gasteiger partial charge in [0.05, 0.1) is 11.4 Å². The third-order valence-electron chi connectivity index (χ3n) is 11.7. The van der Waals surface area contributed by atoms with E-state index in [1.807, 2.05) is 0 Å².